The Bertz CT molecular complexity index is 4920. The first-order valence-electron chi connectivity index (χ1n) is 31.9. The number of amides is 2. The van der Waals surface area contributed by atoms with E-state index in [1.807, 2.05) is 6.07 Å². The monoisotopic (exact) mass is 1410 g/mol. The van der Waals surface area contributed by atoms with Gasteiger partial charge < -0.3 is 44.9 Å². The summed E-state index contributed by atoms with van der Waals surface area (Å²) in [4.78, 5) is 109. The number of imidazole rings is 4. The fourth-order valence-corrected chi connectivity index (χ4v) is 11.7. The standard InChI is InChI=1S/C26H25F2N5O2.C25H23FN4O5.C23H18ClFN4O3/c1-35-33-16-30-24(17-5-7-19(27)8-6-17)25(33)23-13-18(15-29-23)26(34)31-22-10-9-20(14-21(22)28)32-11-3-2-4-12-32;1-34-21-11-15(4-10-22(32)33)3-5-17(21)12-20(31)19-13-27-25(29-19)24-23(28-14-30(24)35-2)16-6-8-18(26)9-7-16;1-13(30)15-5-8-19(18(24)9-15)28-23(31)16-10-20(26-11-16)22-21(27-12-29(22)32-2)14-3-6-17(25)7-4-14/h5-10,14-16H,2-4,11-13H2,1H3,(H,31,34);3,5-9,11,13-14H,4,10,12H2,1-2H3,(H,27,29)(H,32,33);3-9,11-12H,10H2,1-2H3,(H,28,31). The second-order valence-corrected chi connectivity index (χ2v) is 23.7. The molecule has 0 aliphatic carbocycles. The van der Waals surface area contributed by atoms with E-state index in [0.717, 1.165) is 37.2 Å². The van der Waals surface area contributed by atoms with Crippen molar-refractivity contribution < 1.29 is 65.9 Å². The molecule has 1 saturated heterocycles. The molecule has 23 nitrogen and oxygen atoms in total. The topological polar surface area (TPSA) is 277 Å². The Kier molecular flexibility index (Phi) is 22.4. The molecule has 0 unspecified atom stereocenters. The van der Waals surface area contributed by atoms with Crippen molar-refractivity contribution in [3.63, 3.8) is 0 Å². The fraction of sp³-hybridized carbons (Fsp3) is 0.203. The zero-order valence-electron chi connectivity index (χ0n) is 55.6. The van der Waals surface area contributed by atoms with Gasteiger partial charge in [0.25, 0.3) is 11.8 Å². The Hall–Kier alpha value is -12.3. The van der Waals surface area contributed by atoms with Gasteiger partial charge >= 0.3 is 5.97 Å². The van der Waals surface area contributed by atoms with Gasteiger partial charge in [0.05, 0.1) is 41.1 Å². The van der Waals surface area contributed by atoms with E-state index in [-0.39, 0.29) is 77.0 Å². The third kappa shape index (κ3) is 16.5. The van der Waals surface area contributed by atoms with E-state index < -0.39 is 17.7 Å². The Morgan fingerprint density at radius 3 is 1.57 bits per heavy atom. The van der Waals surface area contributed by atoms with Gasteiger partial charge in [-0.15, -0.1) is 0 Å². The first-order valence-corrected chi connectivity index (χ1v) is 32.3. The maximum absolute atomic E-state index is 14.8. The number of carbonyl (C=O) groups excluding carboxylic acids is 4. The van der Waals surface area contributed by atoms with Crippen molar-refractivity contribution in [2.45, 2.75) is 58.3 Å². The summed E-state index contributed by atoms with van der Waals surface area (Å²) < 4.78 is 64.6. The minimum atomic E-state index is -0.879. The van der Waals surface area contributed by atoms with Crippen LogP contribution in [0.15, 0.2) is 186 Å². The molecule has 4 aromatic heterocycles. The quantitative estimate of drug-likeness (QED) is 0.0363. The van der Waals surface area contributed by atoms with Crippen molar-refractivity contribution >= 4 is 69.4 Å². The smallest absolute Gasteiger partial charge is 0.303 e. The predicted molar refractivity (Wildman–Crippen MR) is 375 cm³/mol. The third-order valence-electron chi connectivity index (χ3n) is 16.7. The Morgan fingerprint density at radius 2 is 1.09 bits per heavy atom. The average Bonchev–Trinajstić information content (AvgIpc) is 1.65. The summed E-state index contributed by atoms with van der Waals surface area (Å²) in [5, 5.41) is 14.6. The number of halogens is 5. The second-order valence-electron chi connectivity index (χ2n) is 23.3. The number of methoxy groups -OCH3 is 1. The van der Waals surface area contributed by atoms with Crippen molar-refractivity contribution in [2.75, 3.05) is 57.1 Å². The van der Waals surface area contributed by atoms with E-state index in [4.69, 9.17) is 36.0 Å². The van der Waals surface area contributed by atoms with E-state index in [1.54, 1.807) is 72.8 Å². The predicted octanol–water partition coefficient (Wildman–Crippen LogP) is 12.5. The minimum Gasteiger partial charge on any atom is -0.496 e. The molecule has 0 spiro atoms. The molecule has 6 aromatic carbocycles. The molecule has 2 amide bonds. The maximum atomic E-state index is 14.8. The molecular weight excluding hydrogens is 1340 g/mol. The first kappa shape index (κ1) is 71.0. The molecule has 28 heteroatoms. The highest BCUT2D eigenvalue weighted by Crippen LogP contribution is 2.34. The van der Waals surface area contributed by atoms with E-state index in [2.05, 4.69) is 50.4 Å². The summed E-state index contributed by atoms with van der Waals surface area (Å²) in [5.41, 5.74) is 10.8. The lowest BCUT2D eigenvalue weighted by molar-refractivity contribution is -0.137. The van der Waals surface area contributed by atoms with Crippen LogP contribution in [-0.4, -0.2) is 127 Å². The molecule has 0 saturated carbocycles. The molecule has 3 aliphatic heterocycles. The molecule has 0 atom stereocenters. The van der Waals surface area contributed by atoms with Crippen molar-refractivity contribution in [3.05, 3.63) is 238 Å². The lowest BCUT2D eigenvalue weighted by Crippen LogP contribution is -2.29. The number of hydrogen-bond acceptors (Lipinski definition) is 16. The molecule has 0 radical (unpaired) electrons. The number of piperidine rings is 1. The third-order valence-corrected chi connectivity index (χ3v) is 17.0. The number of carboxylic acid groups (broad SMARTS) is 1. The summed E-state index contributed by atoms with van der Waals surface area (Å²) in [6.07, 6.45) is 13.1. The molecule has 522 valence electrons. The lowest BCUT2D eigenvalue weighted by atomic mass is 10.0. The number of ketones is 2. The van der Waals surface area contributed by atoms with Crippen LogP contribution in [-0.2, 0) is 27.2 Å². The van der Waals surface area contributed by atoms with Gasteiger partial charge in [0.15, 0.2) is 23.1 Å². The fourth-order valence-electron chi connectivity index (χ4n) is 11.4. The lowest BCUT2D eigenvalue weighted by Gasteiger charge is -2.29. The number of hydrogen-bond donors (Lipinski definition) is 4. The summed E-state index contributed by atoms with van der Waals surface area (Å²) in [7, 11) is 5.96. The van der Waals surface area contributed by atoms with Crippen LogP contribution in [0.2, 0.25) is 5.02 Å². The van der Waals surface area contributed by atoms with Crippen LogP contribution in [0.1, 0.15) is 88.8 Å². The number of aliphatic imine (C=N–C) groups is 2. The number of nitrogens with zero attached hydrogens (tertiary/aromatic N) is 10. The second kappa shape index (κ2) is 32.2. The van der Waals surface area contributed by atoms with Crippen LogP contribution < -0.4 is 34.8 Å². The number of H-pyrrole nitrogens is 1. The minimum absolute atomic E-state index is 0.0102. The summed E-state index contributed by atoms with van der Waals surface area (Å²) in [6.45, 7) is 3.27. The summed E-state index contributed by atoms with van der Waals surface area (Å²) in [6, 6.07) is 32.6. The highest BCUT2D eigenvalue weighted by atomic mass is 35.5. The molecule has 7 heterocycles. The number of aromatic amines is 1. The van der Waals surface area contributed by atoms with Gasteiger partial charge in [0, 0.05) is 95.8 Å². The molecule has 102 heavy (non-hydrogen) atoms. The molecule has 10 aromatic rings. The number of nitrogens with one attached hydrogen (secondary N) is 3. The van der Waals surface area contributed by atoms with Gasteiger partial charge in [-0.3, -0.25) is 34.0 Å². The number of aliphatic carboxylic acids is 1. The molecule has 0 bridgehead atoms. The average molecular weight is 1410 g/mol. The van der Waals surface area contributed by atoms with Gasteiger partial charge in [-0.2, -0.15) is 14.2 Å². The van der Waals surface area contributed by atoms with Crippen molar-refractivity contribution in [1.82, 2.24) is 39.1 Å². The largest absolute Gasteiger partial charge is 0.496 e. The van der Waals surface area contributed by atoms with E-state index in [0.29, 0.717) is 108 Å². The molecule has 1 fully saturated rings. The van der Waals surface area contributed by atoms with E-state index >= 15 is 0 Å². The Balaban J connectivity index is 0.000000154. The van der Waals surface area contributed by atoms with Gasteiger partial charge in [-0.05, 0) is 153 Å². The van der Waals surface area contributed by atoms with Crippen molar-refractivity contribution in [2.24, 2.45) is 9.98 Å². The van der Waals surface area contributed by atoms with E-state index in [1.165, 1.54) is 142 Å². The SMILES string of the molecule is COc1cc(CCC(=O)O)ccc1CC(=O)c1cnc(-c2c(-c3ccc(F)cc3)ncn2OC)[nH]1.COn1cnc(-c2ccc(F)cc2)c1C1=NC=C(C(=O)Nc2ccc(C(C)=O)cc2Cl)C1.COn1cnc(-c2ccc(F)cc2)c1C1=NC=C(C(=O)Nc2ccc(N3CCCCC3)cc2F)C1. The number of carbonyl (C=O) groups is 5. The molecule has 4 N–H and O–H groups in total. The van der Waals surface area contributed by atoms with E-state index in [9.17, 15) is 41.5 Å². The maximum Gasteiger partial charge on any atom is 0.303 e. The number of aromatic nitrogens is 8. The first-order chi connectivity index (χ1) is 49.3. The van der Waals surface area contributed by atoms with Gasteiger partial charge in [0.2, 0.25) is 0 Å². The highest BCUT2D eigenvalue weighted by Gasteiger charge is 2.29. The van der Waals surface area contributed by atoms with Crippen molar-refractivity contribution in [3.8, 4) is 51.0 Å². The van der Waals surface area contributed by atoms with Gasteiger partial charge in [0.1, 0.15) is 103 Å². The Labute approximate surface area is 586 Å². The number of aryl methyl sites for hydroxylation is 1. The number of benzene rings is 6. The number of carboxylic acids is 1. The normalized spacial score (nSPS) is 13.1. The Morgan fingerprint density at radius 1 is 0.588 bits per heavy atom. The van der Waals surface area contributed by atoms with Crippen molar-refractivity contribution in [1.29, 1.82) is 0 Å². The van der Waals surface area contributed by atoms with Crippen LogP contribution in [0.5, 0.6) is 5.75 Å². The molecular formula is C74H66ClF4N13O10. The van der Waals surface area contributed by atoms with Gasteiger partial charge in [-0.1, -0.05) is 23.7 Å². The van der Waals surface area contributed by atoms with Crippen LogP contribution >= 0.6 is 11.6 Å². The zero-order chi connectivity index (χ0) is 72.1. The number of rotatable bonds is 22. The molecule has 3 aliphatic rings. The summed E-state index contributed by atoms with van der Waals surface area (Å²) >= 11 is 6.20. The zero-order valence-corrected chi connectivity index (χ0v) is 56.4. The highest BCUT2D eigenvalue weighted by molar-refractivity contribution is 6.34. The number of anilines is 3. The molecule has 13 rings (SSSR count). The van der Waals surface area contributed by atoms with Crippen LogP contribution in [0.3, 0.4) is 0 Å². The summed E-state index contributed by atoms with van der Waals surface area (Å²) in [5.74, 6) is -2.68. The number of ether oxygens (including phenoxy) is 1. The van der Waals surface area contributed by atoms with Crippen LogP contribution in [0.25, 0.3) is 45.3 Å². The van der Waals surface area contributed by atoms with Gasteiger partial charge in [-0.25, -0.2) is 37.5 Å². The van der Waals surface area contributed by atoms with Crippen LogP contribution in [0.4, 0.5) is 34.6 Å². The van der Waals surface area contributed by atoms with Crippen LogP contribution in [0, 0.1) is 23.3 Å². The number of Topliss-reactive ketones (excluding diaryl/α,β-unsaturated/α-hetero) is 2.